The van der Waals surface area contributed by atoms with Gasteiger partial charge in [-0.1, -0.05) is 13.8 Å². The van der Waals surface area contributed by atoms with Crippen molar-refractivity contribution in [2.24, 2.45) is 10.4 Å². The number of sulfonamides is 1. The van der Waals surface area contributed by atoms with Crippen LogP contribution in [0.4, 0.5) is 5.69 Å². The second-order valence-electron chi connectivity index (χ2n) is 7.66. The monoisotopic (exact) mass is 376 g/mol. The smallest absolute Gasteiger partial charge is 0.243 e. The summed E-state index contributed by atoms with van der Waals surface area (Å²) in [4.78, 5) is 16.7. The molecule has 1 heterocycles. The molecule has 0 amide bonds. The topological polar surface area (TPSA) is 87.0 Å². The van der Waals surface area contributed by atoms with Crippen molar-refractivity contribution in [1.29, 1.82) is 0 Å². The molecule has 0 atom stereocenters. The summed E-state index contributed by atoms with van der Waals surface area (Å²) >= 11 is 0. The quantitative estimate of drug-likeness (QED) is 0.816. The van der Waals surface area contributed by atoms with Crippen molar-refractivity contribution in [3.8, 4) is 0 Å². The van der Waals surface area contributed by atoms with Crippen LogP contribution in [0.2, 0.25) is 0 Å². The highest BCUT2D eigenvalue weighted by atomic mass is 32.2. The highest BCUT2D eigenvalue weighted by Crippen LogP contribution is 2.35. The Balaban J connectivity index is 1.77. The Hall–Kier alpha value is -1.99. The molecular formula is C19H24N2O4S. The Morgan fingerprint density at radius 3 is 2.31 bits per heavy atom. The lowest BCUT2D eigenvalue weighted by atomic mass is 9.77. The average molecular weight is 376 g/mol. The molecule has 1 aromatic carbocycles. The molecule has 0 radical (unpaired) electrons. The van der Waals surface area contributed by atoms with E-state index in [2.05, 4.69) is 4.99 Å². The Morgan fingerprint density at radius 2 is 1.73 bits per heavy atom. The van der Waals surface area contributed by atoms with E-state index in [-0.39, 0.29) is 27.4 Å². The van der Waals surface area contributed by atoms with Gasteiger partial charge in [0.1, 0.15) is 5.76 Å². The number of carbonyl (C=O) groups is 1. The molecule has 0 aromatic heterocycles. The molecule has 7 heteroatoms. The lowest BCUT2D eigenvalue weighted by Gasteiger charge is -2.28. The first-order valence-electron chi connectivity index (χ1n) is 8.79. The van der Waals surface area contributed by atoms with E-state index in [9.17, 15) is 18.3 Å². The van der Waals surface area contributed by atoms with Gasteiger partial charge in [0.15, 0.2) is 5.78 Å². The minimum atomic E-state index is -3.44. The number of benzene rings is 1. The first kappa shape index (κ1) is 18.8. The summed E-state index contributed by atoms with van der Waals surface area (Å²) in [5.74, 6) is -0.0704. The van der Waals surface area contributed by atoms with Crippen molar-refractivity contribution in [2.75, 3.05) is 13.1 Å². The number of aliphatic imine (C=N–C) groups is 1. The second kappa shape index (κ2) is 6.96. The Morgan fingerprint density at radius 1 is 1.12 bits per heavy atom. The van der Waals surface area contributed by atoms with Crippen molar-refractivity contribution in [3.05, 3.63) is 35.6 Å². The van der Waals surface area contributed by atoms with Gasteiger partial charge in [-0.25, -0.2) is 8.42 Å². The van der Waals surface area contributed by atoms with Crippen LogP contribution in [-0.2, 0) is 14.8 Å². The average Bonchev–Trinajstić information content (AvgIpc) is 3.08. The summed E-state index contributed by atoms with van der Waals surface area (Å²) in [6.45, 7) is 5.01. The lowest BCUT2D eigenvalue weighted by Crippen LogP contribution is -2.27. The van der Waals surface area contributed by atoms with Crippen molar-refractivity contribution in [1.82, 2.24) is 4.31 Å². The maximum absolute atomic E-state index is 12.5. The molecule has 0 bridgehead atoms. The van der Waals surface area contributed by atoms with E-state index in [1.807, 2.05) is 13.8 Å². The number of allylic oxidation sites excluding steroid dienone is 2. The van der Waals surface area contributed by atoms with E-state index in [1.165, 1.54) is 22.7 Å². The van der Waals surface area contributed by atoms with Gasteiger partial charge < -0.3 is 5.11 Å². The molecule has 3 rings (SSSR count). The molecule has 1 N–H and O–H groups in total. The van der Waals surface area contributed by atoms with E-state index >= 15 is 0 Å². The molecule has 2 aliphatic rings. The molecule has 0 saturated carbocycles. The SMILES string of the molecule is CC1(C)CC(=O)C(C=Nc2ccc(S(=O)(=O)N3CCCC3)cc2)=C(O)C1. The molecule has 26 heavy (non-hydrogen) atoms. The number of hydrogen-bond acceptors (Lipinski definition) is 5. The summed E-state index contributed by atoms with van der Waals surface area (Å²) in [7, 11) is -3.44. The summed E-state index contributed by atoms with van der Waals surface area (Å²) in [5, 5.41) is 10.1. The van der Waals surface area contributed by atoms with E-state index in [1.54, 1.807) is 12.1 Å². The summed E-state index contributed by atoms with van der Waals surface area (Å²) in [5.41, 5.74) is 0.519. The number of ketones is 1. The van der Waals surface area contributed by atoms with Gasteiger partial charge in [0.2, 0.25) is 10.0 Å². The van der Waals surface area contributed by atoms with Gasteiger partial charge >= 0.3 is 0 Å². The standard InChI is InChI=1S/C19H24N2O4S/c1-19(2)11-17(22)16(18(23)12-19)13-20-14-5-7-15(8-6-14)26(24,25)21-9-3-4-10-21/h5-8,13,22H,3-4,9-12H2,1-2H3. The molecule has 1 aromatic rings. The zero-order valence-electron chi connectivity index (χ0n) is 15.1. The van der Waals surface area contributed by atoms with Crippen LogP contribution in [0, 0.1) is 5.41 Å². The zero-order valence-corrected chi connectivity index (χ0v) is 15.9. The molecule has 1 aliphatic heterocycles. The van der Waals surface area contributed by atoms with Crippen LogP contribution >= 0.6 is 0 Å². The predicted octanol–water partition coefficient (Wildman–Crippen LogP) is 3.37. The number of carbonyl (C=O) groups excluding carboxylic acids is 1. The van der Waals surface area contributed by atoms with E-state index in [0.717, 1.165) is 12.8 Å². The highest BCUT2D eigenvalue weighted by Gasteiger charge is 2.32. The van der Waals surface area contributed by atoms with E-state index in [4.69, 9.17) is 0 Å². The molecular weight excluding hydrogens is 352 g/mol. The highest BCUT2D eigenvalue weighted by molar-refractivity contribution is 7.89. The lowest BCUT2D eigenvalue weighted by molar-refractivity contribution is -0.117. The van der Waals surface area contributed by atoms with Crippen molar-refractivity contribution < 1.29 is 18.3 Å². The minimum absolute atomic E-state index is 0.0585. The molecule has 1 aliphatic carbocycles. The first-order chi connectivity index (χ1) is 12.2. The largest absolute Gasteiger partial charge is 0.511 e. The fourth-order valence-corrected chi connectivity index (χ4v) is 4.89. The van der Waals surface area contributed by atoms with Crippen LogP contribution < -0.4 is 0 Å². The summed E-state index contributed by atoms with van der Waals surface area (Å²) in [6, 6.07) is 6.27. The van der Waals surface area contributed by atoms with Crippen molar-refractivity contribution >= 4 is 27.7 Å². The normalized spacial score (nSPS) is 21.7. The first-order valence-corrected chi connectivity index (χ1v) is 10.2. The third kappa shape index (κ3) is 3.88. The van der Waals surface area contributed by atoms with Crippen molar-refractivity contribution in [2.45, 2.75) is 44.4 Å². The van der Waals surface area contributed by atoms with Gasteiger partial charge in [-0.3, -0.25) is 9.79 Å². The van der Waals surface area contributed by atoms with Gasteiger partial charge in [0.05, 0.1) is 16.2 Å². The third-order valence-corrected chi connectivity index (χ3v) is 6.69. The number of aliphatic hydroxyl groups is 1. The van der Waals surface area contributed by atoms with Gasteiger partial charge in [0.25, 0.3) is 0 Å². The fourth-order valence-electron chi connectivity index (χ4n) is 3.37. The second-order valence-corrected chi connectivity index (χ2v) is 9.60. The number of Topliss-reactive ketones (excluding diaryl/α,β-unsaturated/α-hetero) is 1. The molecule has 140 valence electrons. The molecule has 6 nitrogen and oxygen atoms in total. The zero-order chi connectivity index (χ0) is 18.9. The van der Waals surface area contributed by atoms with Crippen LogP contribution in [0.3, 0.4) is 0 Å². The molecule has 0 unspecified atom stereocenters. The Labute approximate surface area is 154 Å². The Bertz CT molecular complexity index is 861. The number of rotatable bonds is 4. The van der Waals surface area contributed by atoms with Crippen molar-refractivity contribution in [3.63, 3.8) is 0 Å². The van der Waals surface area contributed by atoms with Gasteiger partial charge in [-0.05, 0) is 42.5 Å². The molecule has 1 saturated heterocycles. The maximum atomic E-state index is 12.5. The van der Waals surface area contributed by atoms with Gasteiger partial charge in [-0.2, -0.15) is 4.31 Å². The predicted molar refractivity (Wildman–Crippen MR) is 100 cm³/mol. The number of nitrogens with zero attached hydrogens (tertiary/aromatic N) is 2. The van der Waals surface area contributed by atoms with Gasteiger partial charge in [0, 0.05) is 32.1 Å². The molecule has 1 fully saturated rings. The summed E-state index contributed by atoms with van der Waals surface area (Å²) in [6.07, 6.45) is 3.96. The number of hydrogen-bond donors (Lipinski definition) is 1. The summed E-state index contributed by atoms with van der Waals surface area (Å²) < 4.78 is 26.5. The maximum Gasteiger partial charge on any atom is 0.243 e. The van der Waals surface area contributed by atoms with E-state index < -0.39 is 10.0 Å². The van der Waals surface area contributed by atoms with Crippen LogP contribution in [0.1, 0.15) is 39.5 Å². The Kier molecular flexibility index (Phi) is 5.03. The van der Waals surface area contributed by atoms with Gasteiger partial charge in [-0.15, -0.1) is 0 Å². The van der Waals surface area contributed by atoms with Crippen LogP contribution in [0.15, 0.2) is 45.5 Å². The van der Waals surface area contributed by atoms with E-state index in [0.29, 0.717) is 31.6 Å². The minimum Gasteiger partial charge on any atom is -0.511 e. The number of aliphatic hydroxyl groups excluding tert-OH is 1. The van der Waals surface area contributed by atoms with Crippen LogP contribution in [0.25, 0.3) is 0 Å². The van der Waals surface area contributed by atoms with Crippen LogP contribution in [-0.4, -0.2) is 42.9 Å². The molecule has 0 spiro atoms. The fraction of sp³-hybridized carbons (Fsp3) is 0.474. The van der Waals surface area contributed by atoms with Crippen LogP contribution in [0.5, 0.6) is 0 Å². The third-order valence-electron chi connectivity index (χ3n) is 4.78.